The van der Waals surface area contributed by atoms with E-state index >= 15 is 0 Å². The molecule has 0 aromatic heterocycles. The number of nitrogens with zero attached hydrogens (tertiary/aromatic N) is 1. The lowest BCUT2D eigenvalue weighted by Crippen LogP contribution is -2.42. The van der Waals surface area contributed by atoms with Crippen molar-refractivity contribution in [2.24, 2.45) is 0 Å². The minimum atomic E-state index is 0. The van der Waals surface area contributed by atoms with Gasteiger partial charge in [0.1, 0.15) is 0 Å². The Balaban J connectivity index is 0.000000853. The Kier molecular flexibility index (Phi) is 3.29. The molecule has 1 N–H and O–H groups in total. The van der Waals surface area contributed by atoms with Gasteiger partial charge in [-0.1, -0.05) is 30.3 Å². The quantitative estimate of drug-likeness (QED) is 0.822. The third kappa shape index (κ3) is 2.17. The van der Waals surface area contributed by atoms with Crippen LogP contribution in [0.15, 0.2) is 30.3 Å². The summed E-state index contributed by atoms with van der Waals surface area (Å²) in [4.78, 5) is 2.61. The fraction of sp³-hybridized carbons (Fsp3) is 0.500. The normalized spacial score (nSPS) is 29.1. The van der Waals surface area contributed by atoms with E-state index in [1.54, 1.807) is 0 Å². The van der Waals surface area contributed by atoms with Crippen LogP contribution >= 0.6 is 12.4 Å². The summed E-state index contributed by atoms with van der Waals surface area (Å²) in [5.74, 6) is 0. The average molecular weight is 225 g/mol. The first-order chi connectivity index (χ1) is 6.92. The van der Waals surface area contributed by atoms with E-state index in [0.29, 0.717) is 0 Å². The van der Waals surface area contributed by atoms with Gasteiger partial charge in [-0.25, -0.2) is 0 Å². The molecule has 0 radical (unpaired) electrons. The van der Waals surface area contributed by atoms with Gasteiger partial charge in [0.25, 0.3) is 0 Å². The van der Waals surface area contributed by atoms with Crippen LogP contribution in [0.4, 0.5) is 0 Å². The minimum Gasteiger partial charge on any atom is -0.311 e. The van der Waals surface area contributed by atoms with Crippen molar-refractivity contribution in [3.8, 4) is 0 Å². The Morgan fingerprint density at radius 2 is 2.07 bits per heavy atom. The molecule has 2 bridgehead atoms. The van der Waals surface area contributed by atoms with Crippen LogP contribution < -0.4 is 5.32 Å². The Morgan fingerprint density at radius 1 is 1.27 bits per heavy atom. The lowest BCUT2D eigenvalue weighted by molar-refractivity contribution is 0.218. The van der Waals surface area contributed by atoms with Crippen LogP contribution in [0.1, 0.15) is 12.0 Å². The van der Waals surface area contributed by atoms with Gasteiger partial charge in [-0.15, -0.1) is 12.4 Å². The van der Waals surface area contributed by atoms with Crippen molar-refractivity contribution >= 4 is 12.4 Å². The number of fused-ring (bicyclic) bond motifs is 2. The second kappa shape index (κ2) is 4.52. The van der Waals surface area contributed by atoms with Gasteiger partial charge in [-0.2, -0.15) is 0 Å². The summed E-state index contributed by atoms with van der Waals surface area (Å²) in [6, 6.07) is 12.3. The van der Waals surface area contributed by atoms with Gasteiger partial charge in [0.05, 0.1) is 0 Å². The Hall–Kier alpha value is -0.570. The molecule has 0 saturated carbocycles. The van der Waals surface area contributed by atoms with Gasteiger partial charge < -0.3 is 5.32 Å². The van der Waals surface area contributed by atoms with E-state index in [2.05, 4.69) is 40.5 Å². The van der Waals surface area contributed by atoms with E-state index in [1.165, 1.54) is 25.1 Å². The number of nitrogens with one attached hydrogen (secondary N) is 1. The lowest BCUT2D eigenvalue weighted by Gasteiger charge is -2.27. The summed E-state index contributed by atoms with van der Waals surface area (Å²) in [5, 5.41) is 3.53. The maximum atomic E-state index is 3.53. The van der Waals surface area contributed by atoms with Crippen LogP contribution in [0.5, 0.6) is 0 Å². The number of benzene rings is 1. The highest BCUT2D eigenvalue weighted by Crippen LogP contribution is 2.24. The second-order valence-electron chi connectivity index (χ2n) is 4.41. The van der Waals surface area contributed by atoms with Gasteiger partial charge in [0, 0.05) is 31.7 Å². The molecule has 2 saturated heterocycles. The van der Waals surface area contributed by atoms with E-state index in [-0.39, 0.29) is 12.4 Å². The van der Waals surface area contributed by atoms with Crippen molar-refractivity contribution in [1.29, 1.82) is 0 Å². The highest BCUT2D eigenvalue weighted by Gasteiger charge is 2.36. The third-order valence-corrected chi connectivity index (χ3v) is 3.40. The van der Waals surface area contributed by atoms with Gasteiger partial charge in [-0.3, -0.25) is 4.90 Å². The summed E-state index contributed by atoms with van der Waals surface area (Å²) >= 11 is 0. The van der Waals surface area contributed by atoms with Crippen molar-refractivity contribution in [2.45, 2.75) is 25.0 Å². The van der Waals surface area contributed by atoms with Crippen LogP contribution in [-0.4, -0.2) is 30.1 Å². The summed E-state index contributed by atoms with van der Waals surface area (Å²) < 4.78 is 0. The van der Waals surface area contributed by atoms with Crippen molar-refractivity contribution in [3.63, 3.8) is 0 Å². The molecule has 2 atom stereocenters. The van der Waals surface area contributed by atoms with E-state index < -0.39 is 0 Å². The number of hydrogen-bond acceptors (Lipinski definition) is 2. The average Bonchev–Trinajstić information content (AvgIpc) is 2.81. The maximum Gasteiger partial charge on any atom is 0.0240 e. The van der Waals surface area contributed by atoms with Gasteiger partial charge in [0.2, 0.25) is 0 Å². The van der Waals surface area contributed by atoms with Crippen LogP contribution in [0, 0.1) is 0 Å². The third-order valence-electron chi connectivity index (χ3n) is 3.40. The smallest absolute Gasteiger partial charge is 0.0240 e. The van der Waals surface area contributed by atoms with Crippen molar-refractivity contribution in [2.75, 3.05) is 13.1 Å². The summed E-state index contributed by atoms with van der Waals surface area (Å²) in [5.41, 5.74) is 1.44. The van der Waals surface area contributed by atoms with Gasteiger partial charge in [-0.05, 0) is 12.0 Å². The van der Waals surface area contributed by atoms with E-state index in [1.807, 2.05) is 0 Å². The van der Waals surface area contributed by atoms with Crippen LogP contribution in [0.3, 0.4) is 0 Å². The van der Waals surface area contributed by atoms with Crippen LogP contribution in [0.2, 0.25) is 0 Å². The topological polar surface area (TPSA) is 15.3 Å². The number of likely N-dealkylation sites (tertiary alicyclic amines) is 1. The molecule has 2 aliphatic heterocycles. The molecule has 1 aromatic rings. The first-order valence-electron chi connectivity index (χ1n) is 5.43. The zero-order valence-corrected chi connectivity index (χ0v) is 9.54. The van der Waals surface area contributed by atoms with Gasteiger partial charge in [0.15, 0.2) is 0 Å². The molecule has 2 aliphatic rings. The predicted octanol–water partition coefficient (Wildman–Crippen LogP) is 1.65. The molecular weight excluding hydrogens is 208 g/mol. The van der Waals surface area contributed by atoms with Crippen molar-refractivity contribution < 1.29 is 0 Å². The van der Waals surface area contributed by atoms with Crippen molar-refractivity contribution in [1.82, 2.24) is 10.2 Å². The SMILES string of the molecule is Cl.c1ccc(CN2CC3CC2CN3)cc1. The predicted molar refractivity (Wildman–Crippen MR) is 64.3 cm³/mol. The van der Waals surface area contributed by atoms with Crippen molar-refractivity contribution in [3.05, 3.63) is 35.9 Å². The molecule has 15 heavy (non-hydrogen) atoms. The first kappa shape index (κ1) is 10.9. The van der Waals surface area contributed by atoms with E-state index in [9.17, 15) is 0 Å². The first-order valence-corrected chi connectivity index (χ1v) is 5.43. The van der Waals surface area contributed by atoms with Gasteiger partial charge >= 0.3 is 0 Å². The summed E-state index contributed by atoms with van der Waals surface area (Å²) in [7, 11) is 0. The highest BCUT2D eigenvalue weighted by atomic mass is 35.5. The summed E-state index contributed by atoms with van der Waals surface area (Å²) in [6.45, 7) is 3.56. The number of piperazine rings is 1. The molecule has 0 aliphatic carbocycles. The molecule has 0 spiro atoms. The largest absolute Gasteiger partial charge is 0.311 e. The maximum absolute atomic E-state index is 3.53. The molecule has 3 heteroatoms. The fourth-order valence-electron chi connectivity index (χ4n) is 2.66. The molecule has 1 aromatic carbocycles. The Labute approximate surface area is 97.1 Å². The molecule has 2 fully saturated rings. The minimum absolute atomic E-state index is 0. The molecular formula is C12H17ClN2. The number of hydrogen-bond donors (Lipinski definition) is 1. The highest BCUT2D eigenvalue weighted by molar-refractivity contribution is 5.85. The monoisotopic (exact) mass is 224 g/mol. The number of halogens is 1. The molecule has 2 nitrogen and oxygen atoms in total. The van der Waals surface area contributed by atoms with E-state index in [4.69, 9.17) is 0 Å². The Bertz CT molecular complexity index is 315. The number of rotatable bonds is 2. The second-order valence-corrected chi connectivity index (χ2v) is 4.41. The molecule has 2 heterocycles. The fourth-order valence-corrected chi connectivity index (χ4v) is 2.66. The van der Waals surface area contributed by atoms with E-state index in [0.717, 1.165) is 18.6 Å². The Morgan fingerprint density at radius 3 is 2.67 bits per heavy atom. The lowest BCUT2D eigenvalue weighted by atomic mass is 10.2. The molecule has 3 rings (SSSR count). The molecule has 0 amide bonds. The zero-order valence-electron chi connectivity index (χ0n) is 8.73. The van der Waals surface area contributed by atoms with Crippen LogP contribution in [0.25, 0.3) is 0 Å². The summed E-state index contributed by atoms with van der Waals surface area (Å²) in [6.07, 6.45) is 1.35. The standard InChI is InChI=1S/C12H16N2.ClH/c1-2-4-10(5-3-1)8-14-9-11-6-12(14)7-13-11;/h1-5,11-13H,6-9H2;1H. The van der Waals surface area contributed by atoms with Crippen LogP contribution in [-0.2, 0) is 6.54 Å². The zero-order chi connectivity index (χ0) is 9.38. The molecule has 2 unspecified atom stereocenters. The molecule has 82 valence electrons.